The van der Waals surface area contributed by atoms with Crippen molar-refractivity contribution in [2.24, 2.45) is 0 Å². The minimum absolute atomic E-state index is 0.0754. The van der Waals surface area contributed by atoms with Gasteiger partial charge in [-0.25, -0.2) is 4.98 Å². The molecule has 0 atom stereocenters. The summed E-state index contributed by atoms with van der Waals surface area (Å²) >= 11 is 3.38. The van der Waals surface area contributed by atoms with Crippen molar-refractivity contribution in [1.29, 1.82) is 0 Å². The lowest BCUT2D eigenvalue weighted by Crippen LogP contribution is -2.11. The van der Waals surface area contributed by atoms with Gasteiger partial charge in [0.25, 0.3) is 5.56 Å². The fourth-order valence-electron chi connectivity index (χ4n) is 1.72. The van der Waals surface area contributed by atoms with Crippen molar-refractivity contribution in [1.82, 2.24) is 15.0 Å². The van der Waals surface area contributed by atoms with E-state index in [-0.39, 0.29) is 11.5 Å². The smallest absolute Gasteiger partial charge is 0.261 e. The summed E-state index contributed by atoms with van der Waals surface area (Å²) in [6.07, 6.45) is 0. The number of aromatic nitrogens is 3. The molecule has 0 aliphatic rings. The molecule has 0 bridgehead atoms. The van der Waals surface area contributed by atoms with Crippen molar-refractivity contribution in [3.63, 3.8) is 0 Å². The van der Waals surface area contributed by atoms with Gasteiger partial charge in [-0.2, -0.15) is 4.98 Å². The van der Waals surface area contributed by atoms with Gasteiger partial charge in [-0.3, -0.25) is 9.78 Å². The van der Waals surface area contributed by atoms with Crippen LogP contribution >= 0.6 is 15.9 Å². The Balaban J connectivity index is 2.52. The highest BCUT2D eigenvalue weighted by atomic mass is 79.9. The van der Waals surface area contributed by atoms with E-state index in [9.17, 15) is 4.79 Å². The van der Waals surface area contributed by atoms with Gasteiger partial charge >= 0.3 is 0 Å². The van der Waals surface area contributed by atoms with Crippen LogP contribution in [0.1, 0.15) is 0 Å². The number of nitrogens with two attached hydrogens (primary N) is 1. The van der Waals surface area contributed by atoms with Crippen LogP contribution in [0.5, 0.6) is 0 Å². The molecule has 0 saturated heterocycles. The molecule has 0 amide bonds. The van der Waals surface area contributed by atoms with E-state index >= 15 is 0 Å². The van der Waals surface area contributed by atoms with Gasteiger partial charge in [0.05, 0.1) is 10.9 Å². The molecule has 3 aromatic rings. The first-order valence-electron chi connectivity index (χ1n) is 4.89. The number of hydrogen-bond acceptors (Lipinski definition) is 4. The van der Waals surface area contributed by atoms with E-state index in [1.54, 1.807) is 6.07 Å². The zero-order valence-corrected chi connectivity index (χ0v) is 10.2. The number of benzene rings is 1. The van der Waals surface area contributed by atoms with Gasteiger partial charge in [-0.1, -0.05) is 15.9 Å². The Morgan fingerprint density at radius 2 is 2.06 bits per heavy atom. The fourth-order valence-corrected chi connectivity index (χ4v) is 2.09. The van der Waals surface area contributed by atoms with Crippen molar-refractivity contribution in [2.45, 2.75) is 0 Å². The molecule has 3 N–H and O–H groups in total. The first-order valence-corrected chi connectivity index (χ1v) is 5.68. The number of nitrogens with zero attached hydrogens (tertiary/aromatic N) is 2. The van der Waals surface area contributed by atoms with E-state index in [0.29, 0.717) is 11.0 Å². The second-order valence-corrected chi connectivity index (χ2v) is 4.56. The molecule has 0 unspecified atom stereocenters. The van der Waals surface area contributed by atoms with Gasteiger partial charge in [0.2, 0.25) is 5.95 Å². The van der Waals surface area contributed by atoms with Gasteiger partial charge < -0.3 is 5.73 Å². The number of rotatable bonds is 0. The van der Waals surface area contributed by atoms with Crippen molar-refractivity contribution < 1.29 is 0 Å². The van der Waals surface area contributed by atoms with E-state index in [4.69, 9.17) is 5.73 Å². The minimum Gasteiger partial charge on any atom is -0.369 e. The monoisotopic (exact) mass is 290 g/mol. The van der Waals surface area contributed by atoms with Crippen molar-refractivity contribution in [3.8, 4) is 0 Å². The summed E-state index contributed by atoms with van der Waals surface area (Å²) in [4.78, 5) is 22.5. The van der Waals surface area contributed by atoms with E-state index in [1.807, 2.05) is 18.2 Å². The van der Waals surface area contributed by atoms with Gasteiger partial charge in [-0.15, -0.1) is 0 Å². The van der Waals surface area contributed by atoms with Crippen molar-refractivity contribution in [2.75, 3.05) is 5.73 Å². The molecule has 0 radical (unpaired) electrons. The predicted molar refractivity (Wildman–Crippen MR) is 69.8 cm³/mol. The normalized spacial score (nSPS) is 11.1. The number of aromatic amines is 1. The van der Waals surface area contributed by atoms with Gasteiger partial charge in [0.1, 0.15) is 0 Å². The van der Waals surface area contributed by atoms with Crippen LogP contribution in [-0.2, 0) is 0 Å². The number of halogens is 1. The zero-order valence-electron chi connectivity index (χ0n) is 8.57. The summed E-state index contributed by atoms with van der Waals surface area (Å²) in [5, 5.41) is 1.31. The van der Waals surface area contributed by atoms with Gasteiger partial charge in [0.15, 0.2) is 5.65 Å². The average molecular weight is 291 g/mol. The molecule has 6 heteroatoms. The number of fused-ring (bicyclic) bond motifs is 2. The highest BCUT2D eigenvalue weighted by Gasteiger charge is 2.05. The third-order valence-electron chi connectivity index (χ3n) is 2.47. The molecule has 2 aromatic heterocycles. The van der Waals surface area contributed by atoms with Crippen LogP contribution in [0.2, 0.25) is 0 Å². The third-order valence-corrected chi connectivity index (χ3v) is 2.96. The second kappa shape index (κ2) is 3.53. The van der Waals surface area contributed by atoms with Crippen LogP contribution in [0.15, 0.2) is 33.5 Å². The quantitative estimate of drug-likeness (QED) is 0.619. The standard InChI is InChI=1S/C11H7BrN4O/c12-6-1-2-8-5(3-6)4-7-9(14-8)15-11(13)16-10(7)17/h1-4H,(H3,13,14,15,16,17). The van der Waals surface area contributed by atoms with Gasteiger partial charge in [0, 0.05) is 9.86 Å². The maximum Gasteiger partial charge on any atom is 0.261 e. The van der Waals surface area contributed by atoms with E-state index in [0.717, 1.165) is 15.4 Å². The molecule has 5 nitrogen and oxygen atoms in total. The SMILES string of the molecule is Nc1nc2nc3ccc(Br)cc3cc2c(=O)[nH]1. The molecule has 17 heavy (non-hydrogen) atoms. The van der Waals surface area contributed by atoms with Crippen LogP contribution in [-0.4, -0.2) is 15.0 Å². The van der Waals surface area contributed by atoms with E-state index < -0.39 is 0 Å². The minimum atomic E-state index is -0.276. The summed E-state index contributed by atoms with van der Waals surface area (Å²) in [5.74, 6) is 0.0754. The maximum atomic E-state index is 11.7. The van der Waals surface area contributed by atoms with Gasteiger partial charge in [-0.05, 0) is 24.3 Å². The molecular weight excluding hydrogens is 284 g/mol. The highest BCUT2D eigenvalue weighted by molar-refractivity contribution is 9.10. The largest absolute Gasteiger partial charge is 0.369 e. The molecule has 2 heterocycles. The summed E-state index contributed by atoms with van der Waals surface area (Å²) in [6, 6.07) is 7.40. The first-order chi connectivity index (χ1) is 8.13. The van der Waals surface area contributed by atoms with Crippen LogP contribution in [0, 0.1) is 0 Å². The molecule has 0 fully saturated rings. The Kier molecular flexibility index (Phi) is 2.12. The molecule has 0 aliphatic heterocycles. The summed E-state index contributed by atoms with van der Waals surface area (Å²) in [7, 11) is 0. The number of hydrogen-bond donors (Lipinski definition) is 2. The molecule has 3 rings (SSSR count). The summed E-state index contributed by atoms with van der Waals surface area (Å²) in [5.41, 5.74) is 6.34. The van der Waals surface area contributed by atoms with Crippen LogP contribution in [0.25, 0.3) is 21.9 Å². The molecular formula is C11H7BrN4O. The van der Waals surface area contributed by atoms with E-state index in [1.165, 1.54) is 0 Å². The third kappa shape index (κ3) is 1.66. The Morgan fingerprint density at radius 3 is 2.88 bits per heavy atom. The zero-order chi connectivity index (χ0) is 12.0. The summed E-state index contributed by atoms with van der Waals surface area (Å²) in [6.45, 7) is 0. The molecule has 0 saturated carbocycles. The first kappa shape index (κ1) is 10.2. The van der Waals surface area contributed by atoms with Crippen LogP contribution < -0.4 is 11.3 Å². The molecule has 84 valence electrons. The molecule has 0 aliphatic carbocycles. The lowest BCUT2D eigenvalue weighted by Gasteiger charge is -2.01. The Morgan fingerprint density at radius 1 is 1.24 bits per heavy atom. The molecule has 0 spiro atoms. The Hall–Kier alpha value is -1.95. The predicted octanol–water partition coefficient (Wildman–Crippen LogP) is 1.82. The topological polar surface area (TPSA) is 84.7 Å². The fraction of sp³-hybridized carbons (Fsp3) is 0. The van der Waals surface area contributed by atoms with Crippen molar-refractivity contribution >= 4 is 43.8 Å². The number of nitrogens with one attached hydrogen (secondary N) is 1. The Labute approximate surface area is 104 Å². The van der Waals surface area contributed by atoms with Crippen molar-refractivity contribution in [3.05, 3.63) is 39.1 Å². The Bertz CT molecular complexity index is 796. The maximum absolute atomic E-state index is 11.7. The van der Waals surface area contributed by atoms with Crippen LogP contribution in [0.3, 0.4) is 0 Å². The van der Waals surface area contributed by atoms with Crippen LogP contribution in [0.4, 0.5) is 5.95 Å². The average Bonchev–Trinajstić information content (AvgIpc) is 2.27. The second-order valence-electron chi connectivity index (χ2n) is 3.65. The lowest BCUT2D eigenvalue weighted by molar-refractivity contribution is 1.17. The van der Waals surface area contributed by atoms with E-state index in [2.05, 4.69) is 30.9 Å². The summed E-state index contributed by atoms with van der Waals surface area (Å²) < 4.78 is 0.936. The number of pyridine rings is 1. The number of H-pyrrole nitrogens is 1. The highest BCUT2D eigenvalue weighted by Crippen LogP contribution is 2.20. The lowest BCUT2D eigenvalue weighted by atomic mass is 10.2. The number of nitrogen functional groups attached to an aromatic ring is 1. The molecule has 1 aromatic carbocycles. The number of anilines is 1.